The SMILES string of the molecule is CC(NC(=O)CN1CCN(CCCc2nc(-c3cccs3)no2)CC1)c1ccco1. The summed E-state index contributed by atoms with van der Waals surface area (Å²) in [6, 6.07) is 7.58. The van der Waals surface area contributed by atoms with Gasteiger partial charge in [0.1, 0.15) is 5.76 Å². The molecule has 0 saturated carbocycles. The van der Waals surface area contributed by atoms with Crippen molar-refractivity contribution < 1.29 is 13.7 Å². The van der Waals surface area contributed by atoms with E-state index in [9.17, 15) is 4.79 Å². The van der Waals surface area contributed by atoms with Gasteiger partial charge >= 0.3 is 0 Å². The lowest BCUT2D eigenvalue weighted by Crippen LogP contribution is -2.49. The number of carbonyl (C=O) groups excluding carboxylic acids is 1. The van der Waals surface area contributed by atoms with Crippen molar-refractivity contribution in [1.29, 1.82) is 0 Å². The Morgan fingerprint density at radius 1 is 1.23 bits per heavy atom. The molecule has 1 unspecified atom stereocenters. The molecule has 1 aliphatic rings. The molecule has 30 heavy (non-hydrogen) atoms. The van der Waals surface area contributed by atoms with Gasteiger partial charge in [-0.3, -0.25) is 9.69 Å². The Kier molecular flexibility index (Phi) is 6.93. The van der Waals surface area contributed by atoms with Crippen molar-refractivity contribution in [2.75, 3.05) is 39.3 Å². The smallest absolute Gasteiger partial charge is 0.234 e. The number of aryl methyl sites for hydroxylation is 1. The molecule has 1 atom stereocenters. The summed E-state index contributed by atoms with van der Waals surface area (Å²) in [4.78, 5) is 22.4. The quantitative estimate of drug-likeness (QED) is 0.560. The summed E-state index contributed by atoms with van der Waals surface area (Å²) >= 11 is 1.61. The molecular weight excluding hydrogens is 402 g/mol. The molecule has 1 saturated heterocycles. The van der Waals surface area contributed by atoms with Crippen molar-refractivity contribution in [3.63, 3.8) is 0 Å². The molecular formula is C21H27N5O3S. The summed E-state index contributed by atoms with van der Waals surface area (Å²) in [5.74, 6) is 2.18. The van der Waals surface area contributed by atoms with E-state index in [1.165, 1.54) is 0 Å². The molecule has 8 nitrogen and oxygen atoms in total. The largest absolute Gasteiger partial charge is 0.467 e. The highest BCUT2D eigenvalue weighted by Crippen LogP contribution is 2.21. The zero-order valence-corrected chi connectivity index (χ0v) is 17.9. The first-order valence-electron chi connectivity index (χ1n) is 10.3. The summed E-state index contributed by atoms with van der Waals surface area (Å²) in [5.41, 5.74) is 0. The molecule has 0 aliphatic carbocycles. The number of piperazine rings is 1. The van der Waals surface area contributed by atoms with Crippen LogP contribution in [0.15, 0.2) is 44.8 Å². The zero-order valence-electron chi connectivity index (χ0n) is 17.1. The van der Waals surface area contributed by atoms with Gasteiger partial charge in [0, 0.05) is 32.6 Å². The number of thiophene rings is 1. The van der Waals surface area contributed by atoms with E-state index < -0.39 is 0 Å². The fraction of sp³-hybridized carbons (Fsp3) is 0.476. The van der Waals surface area contributed by atoms with E-state index >= 15 is 0 Å². The summed E-state index contributed by atoms with van der Waals surface area (Å²) in [6.07, 6.45) is 3.39. The summed E-state index contributed by atoms with van der Waals surface area (Å²) in [7, 11) is 0. The molecule has 0 spiro atoms. The van der Waals surface area contributed by atoms with Crippen molar-refractivity contribution in [1.82, 2.24) is 25.3 Å². The molecule has 160 valence electrons. The molecule has 1 fully saturated rings. The normalized spacial score (nSPS) is 16.6. The Hall–Kier alpha value is -2.49. The lowest BCUT2D eigenvalue weighted by atomic mass is 10.2. The molecule has 1 amide bonds. The molecule has 4 heterocycles. The summed E-state index contributed by atoms with van der Waals surface area (Å²) in [5, 5.41) is 9.06. The molecule has 9 heteroatoms. The second kappa shape index (κ2) is 10.0. The van der Waals surface area contributed by atoms with Crippen LogP contribution in [-0.2, 0) is 11.2 Å². The van der Waals surface area contributed by atoms with Crippen molar-refractivity contribution in [3.05, 3.63) is 47.6 Å². The van der Waals surface area contributed by atoms with Crippen molar-refractivity contribution in [2.24, 2.45) is 0 Å². The van der Waals surface area contributed by atoms with Gasteiger partial charge in [-0.05, 0) is 43.5 Å². The van der Waals surface area contributed by atoms with E-state index in [1.54, 1.807) is 17.6 Å². The van der Waals surface area contributed by atoms with Gasteiger partial charge in [0.2, 0.25) is 17.6 Å². The first-order chi connectivity index (χ1) is 14.7. The van der Waals surface area contributed by atoms with Gasteiger partial charge in [-0.25, -0.2) is 0 Å². The van der Waals surface area contributed by atoms with Crippen LogP contribution in [0.5, 0.6) is 0 Å². The maximum atomic E-state index is 12.3. The van der Waals surface area contributed by atoms with Crippen LogP contribution in [0.3, 0.4) is 0 Å². The van der Waals surface area contributed by atoms with E-state index in [4.69, 9.17) is 8.94 Å². The van der Waals surface area contributed by atoms with Gasteiger partial charge < -0.3 is 19.2 Å². The van der Waals surface area contributed by atoms with E-state index in [-0.39, 0.29) is 11.9 Å². The van der Waals surface area contributed by atoms with Crippen molar-refractivity contribution >= 4 is 17.2 Å². The number of hydrogen-bond donors (Lipinski definition) is 1. The summed E-state index contributed by atoms with van der Waals surface area (Å²) < 4.78 is 10.7. The fourth-order valence-electron chi connectivity index (χ4n) is 3.59. The third-order valence-electron chi connectivity index (χ3n) is 5.25. The van der Waals surface area contributed by atoms with Crippen LogP contribution in [0.2, 0.25) is 0 Å². The second-order valence-electron chi connectivity index (χ2n) is 7.51. The molecule has 3 aromatic rings. The van der Waals surface area contributed by atoms with Crippen LogP contribution >= 0.6 is 11.3 Å². The van der Waals surface area contributed by atoms with Gasteiger partial charge in [0.25, 0.3) is 0 Å². The van der Waals surface area contributed by atoms with Gasteiger partial charge in [0.15, 0.2) is 0 Å². The standard InChI is InChI=1S/C21H27N5O3S/c1-16(17-5-3-13-28-17)22-19(27)15-26-11-9-25(10-12-26)8-2-7-20-23-21(24-29-20)18-6-4-14-30-18/h3-6,13-14,16H,2,7-12,15H2,1H3,(H,22,27). The Labute approximate surface area is 179 Å². The van der Waals surface area contributed by atoms with Gasteiger partial charge in [0.05, 0.1) is 23.7 Å². The van der Waals surface area contributed by atoms with Crippen molar-refractivity contribution in [3.8, 4) is 10.7 Å². The van der Waals surface area contributed by atoms with Crippen LogP contribution in [0.4, 0.5) is 0 Å². The Morgan fingerprint density at radius 2 is 2.07 bits per heavy atom. The highest BCUT2D eigenvalue weighted by atomic mass is 32.1. The number of rotatable bonds is 9. The predicted molar refractivity (Wildman–Crippen MR) is 114 cm³/mol. The van der Waals surface area contributed by atoms with Crippen LogP contribution in [0, 0.1) is 0 Å². The Bertz CT molecular complexity index is 901. The molecule has 0 aromatic carbocycles. The maximum absolute atomic E-state index is 12.3. The number of nitrogens with one attached hydrogen (secondary N) is 1. The number of carbonyl (C=O) groups is 1. The zero-order chi connectivity index (χ0) is 20.8. The van der Waals surface area contributed by atoms with Crippen LogP contribution in [0.25, 0.3) is 10.7 Å². The first-order valence-corrected chi connectivity index (χ1v) is 11.2. The minimum atomic E-state index is -0.112. The van der Waals surface area contributed by atoms with E-state index in [2.05, 4.69) is 25.3 Å². The summed E-state index contributed by atoms with van der Waals surface area (Å²) in [6.45, 7) is 7.06. The van der Waals surface area contributed by atoms with Gasteiger partial charge in [-0.2, -0.15) is 4.98 Å². The first kappa shape index (κ1) is 20.8. The lowest BCUT2D eigenvalue weighted by Gasteiger charge is -2.34. The highest BCUT2D eigenvalue weighted by molar-refractivity contribution is 7.13. The fourth-order valence-corrected chi connectivity index (χ4v) is 4.24. The number of hydrogen-bond acceptors (Lipinski definition) is 8. The van der Waals surface area contributed by atoms with Gasteiger partial charge in [-0.15, -0.1) is 11.3 Å². The highest BCUT2D eigenvalue weighted by Gasteiger charge is 2.20. The third kappa shape index (κ3) is 5.56. The average Bonchev–Trinajstić information content (AvgIpc) is 3.51. The Morgan fingerprint density at radius 3 is 2.80 bits per heavy atom. The molecule has 4 rings (SSSR count). The van der Waals surface area contributed by atoms with E-state index in [1.807, 2.05) is 36.6 Å². The average molecular weight is 430 g/mol. The monoisotopic (exact) mass is 429 g/mol. The molecule has 1 aliphatic heterocycles. The van der Waals surface area contributed by atoms with Gasteiger partial charge in [-0.1, -0.05) is 11.2 Å². The molecule has 1 N–H and O–H groups in total. The second-order valence-corrected chi connectivity index (χ2v) is 8.46. The minimum Gasteiger partial charge on any atom is -0.467 e. The number of amides is 1. The Balaban J connectivity index is 1.12. The van der Waals surface area contributed by atoms with E-state index in [0.717, 1.165) is 56.2 Å². The van der Waals surface area contributed by atoms with Crippen LogP contribution in [-0.4, -0.2) is 65.1 Å². The molecule has 3 aromatic heterocycles. The number of furan rings is 1. The van der Waals surface area contributed by atoms with Crippen LogP contribution in [0.1, 0.15) is 31.0 Å². The topological polar surface area (TPSA) is 87.6 Å². The number of aromatic nitrogens is 2. The van der Waals surface area contributed by atoms with E-state index in [0.29, 0.717) is 18.3 Å². The lowest BCUT2D eigenvalue weighted by molar-refractivity contribution is -0.123. The molecule has 0 bridgehead atoms. The minimum absolute atomic E-state index is 0.0327. The maximum Gasteiger partial charge on any atom is 0.234 e. The third-order valence-corrected chi connectivity index (χ3v) is 6.12. The molecule has 0 radical (unpaired) electrons. The number of nitrogens with zero attached hydrogens (tertiary/aromatic N) is 4. The van der Waals surface area contributed by atoms with Crippen molar-refractivity contribution in [2.45, 2.75) is 25.8 Å². The van der Waals surface area contributed by atoms with Crippen LogP contribution < -0.4 is 5.32 Å². The predicted octanol–water partition coefficient (Wildman–Crippen LogP) is 2.82.